The summed E-state index contributed by atoms with van der Waals surface area (Å²) in [7, 11) is 0. The number of fused-ring (bicyclic) bond motifs is 1. The summed E-state index contributed by atoms with van der Waals surface area (Å²) < 4.78 is 7.51. The molecule has 0 saturated carbocycles. The molecule has 0 N–H and O–H groups in total. The van der Waals surface area contributed by atoms with Gasteiger partial charge in [-0.2, -0.15) is 0 Å². The molecule has 2 heterocycles. The van der Waals surface area contributed by atoms with E-state index in [9.17, 15) is 0 Å². The van der Waals surface area contributed by atoms with E-state index in [2.05, 4.69) is 22.7 Å². The maximum Gasteiger partial charge on any atom is 0.296 e. The highest BCUT2D eigenvalue weighted by Gasteiger charge is 2.12. The van der Waals surface area contributed by atoms with Crippen LogP contribution in [-0.4, -0.2) is 16.2 Å². The topological polar surface area (TPSA) is 27.1 Å². The molecule has 1 aromatic rings. The van der Waals surface area contributed by atoms with Crippen molar-refractivity contribution in [1.82, 2.24) is 9.55 Å². The van der Waals surface area contributed by atoms with Crippen LogP contribution in [0.4, 0.5) is 0 Å². The molecule has 1 aliphatic heterocycles. The molecule has 0 atom stereocenters. The zero-order valence-electron chi connectivity index (χ0n) is 7.42. The van der Waals surface area contributed by atoms with E-state index in [0.29, 0.717) is 0 Å². The Morgan fingerprint density at radius 3 is 3.33 bits per heavy atom. The number of aromatic nitrogens is 2. The lowest BCUT2D eigenvalue weighted by molar-refractivity contribution is 0.231. The summed E-state index contributed by atoms with van der Waals surface area (Å²) in [4.78, 5) is 4.38. The third-order valence-corrected chi connectivity index (χ3v) is 2.07. The predicted molar refractivity (Wildman–Crippen MR) is 46.3 cm³/mol. The first kappa shape index (κ1) is 7.65. The smallest absolute Gasteiger partial charge is 0.296 e. The van der Waals surface area contributed by atoms with E-state index in [1.54, 1.807) is 0 Å². The Labute approximate surface area is 72.4 Å². The molecule has 2 rings (SSSR count). The minimum atomic E-state index is 0.810. The van der Waals surface area contributed by atoms with Gasteiger partial charge in [-0.25, -0.2) is 4.98 Å². The van der Waals surface area contributed by atoms with Crippen LogP contribution in [0.5, 0.6) is 6.01 Å². The molecular formula is C9H14N2O. The van der Waals surface area contributed by atoms with Crippen LogP contribution < -0.4 is 4.74 Å². The molecular weight excluding hydrogens is 152 g/mol. The predicted octanol–water partition coefficient (Wildman–Crippen LogP) is 1.62. The van der Waals surface area contributed by atoms with Crippen LogP contribution >= 0.6 is 0 Å². The Morgan fingerprint density at radius 1 is 1.67 bits per heavy atom. The van der Waals surface area contributed by atoms with Crippen LogP contribution in [0, 0.1) is 0 Å². The second-order valence-electron chi connectivity index (χ2n) is 3.16. The molecule has 0 radical (unpaired) electrons. The number of rotatable bonds is 2. The van der Waals surface area contributed by atoms with Crippen molar-refractivity contribution in [3.8, 4) is 6.01 Å². The average Bonchev–Trinajstić information content (AvgIpc) is 2.47. The van der Waals surface area contributed by atoms with E-state index in [-0.39, 0.29) is 0 Å². The molecule has 0 unspecified atom stereocenters. The molecule has 0 spiro atoms. The molecule has 66 valence electrons. The quantitative estimate of drug-likeness (QED) is 0.667. The van der Waals surface area contributed by atoms with E-state index in [1.807, 2.05) is 0 Å². The Balaban J connectivity index is 2.20. The average molecular weight is 166 g/mol. The number of hydrogen-bond donors (Lipinski definition) is 0. The molecule has 1 aromatic heterocycles. The van der Waals surface area contributed by atoms with E-state index >= 15 is 0 Å². The number of nitrogens with zero attached hydrogens (tertiary/aromatic N) is 2. The molecule has 0 aliphatic carbocycles. The van der Waals surface area contributed by atoms with Gasteiger partial charge in [0.05, 0.1) is 12.3 Å². The van der Waals surface area contributed by atoms with Gasteiger partial charge in [0.15, 0.2) is 0 Å². The van der Waals surface area contributed by atoms with E-state index in [4.69, 9.17) is 4.74 Å². The highest BCUT2D eigenvalue weighted by atomic mass is 16.5. The van der Waals surface area contributed by atoms with E-state index in [0.717, 1.165) is 44.1 Å². The molecule has 0 fully saturated rings. The maximum atomic E-state index is 5.40. The monoisotopic (exact) mass is 166 g/mol. The van der Waals surface area contributed by atoms with Crippen molar-refractivity contribution in [1.29, 1.82) is 0 Å². The molecule has 0 aromatic carbocycles. The van der Waals surface area contributed by atoms with Crippen molar-refractivity contribution in [2.75, 3.05) is 6.61 Å². The van der Waals surface area contributed by atoms with Crippen molar-refractivity contribution in [2.45, 2.75) is 32.7 Å². The van der Waals surface area contributed by atoms with Crippen molar-refractivity contribution in [2.24, 2.45) is 0 Å². The standard InChI is InChI=1S/C9H14N2O/c1-2-4-8-7-11-5-3-6-12-9(11)10-8/h7H,2-6H2,1H3. The molecule has 0 amide bonds. The van der Waals surface area contributed by atoms with Crippen LogP contribution in [0.2, 0.25) is 0 Å². The lowest BCUT2D eigenvalue weighted by Gasteiger charge is -2.13. The third-order valence-electron chi connectivity index (χ3n) is 2.07. The first-order valence-corrected chi connectivity index (χ1v) is 4.59. The minimum Gasteiger partial charge on any atom is -0.465 e. The van der Waals surface area contributed by atoms with Crippen molar-refractivity contribution < 1.29 is 4.74 Å². The summed E-state index contributed by atoms with van der Waals surface area (Å²) in [6.45, 7) is 4.05. The van der Waals surface area contributed by atoms with Crippen LogP contribution in [0.25, 0.3) is 0 Å². The third kappa shape index (κ3) is 1.31. The summed E-state index contributed by atoms with van der Waals surface area (Å²) in [5.41, 5.74) is 1.16. The molecule has 3 nitrogen and oxygen atoms in total. The first-order valence-electron chi connectivity index (χ1n) is 4.59. The lowest BCUT2D eigenvalue weighted by atomic mass is 10.3. The second kappa shape index (κ2) is 3.17. The van der Waals surface area contributed by atoms with Gasteiger partial charge in [0.1, 0.15) is 0 Å². The zero-order chi connectivity index (χ0) is 8.39. The first-order chi connectivity index (χ1) is 5.90. The molecule has 3 heteroatoms. The molecule has 1 aliphatic rings. The number of aryl methyl sites for hydroxylation is 2. The maximum absolute atomic E-state index is 5.40. The van der Waals surface area contributed by atoms with Crippen LogP contribution in [0.15, 0.2) is 6.20 Å². The second-order valence-corrected chi connectivity index (χ2v) is 3.16. The lowest BCUT2D eigenvalue weighted by Crippen LogP contribution is -2.13. The zero-order valence-corrected chi connectivity index (χ0v) is 7.42. The highest BCUT2D eigenvalue weighted by Crippen LogP contribution is 2.17. The molecule has 0 saturated heterocycles. The summed E-state index contributed by atoms with van der Waals surface area (Å²) in [5.74, 6) is 0. The summed E-state index contributed by atoms with van der Waals surface area (Å²) in [5, 5.41) is 0. The SMILES string of the molecule is CCCc1cn2c(n1)OCCC2. The Hall–Kier alpha value is -0.990. The van der Waals surface area contributed by atoms with Crippen molar-refractivity contribution >= 4 is 0 Å². The van der Waals surface area contributed by atoms with Crippen LogP contribution in [-0.2, 0) is 13.0 Å². The fourth-order valence-corrected chi connectivity index (χ4v) is 1.50. The normalized spacial score (nSPS) is 15.4. The largest absolute Gasteiger partial charge is 0.465 e. The van der Waals surface area contributed by atoms with Gasteiger partial charge in [-0.15, -0.1) is 0 Å². The van der Waals surface area contributed by atoms with E-state index < -0.39 is 0 Å². The number of ether oxygens (including phenoxy) is 1. The number of imidazole rings is 1. The molecule has 12 heavy (non-hydrogen) atoms. The Bertz CT molecular complexity index is 244. The van der Waals surface area contributed by atoms with Gasteiger partial charge in [-0.1, -0.05) is 13.3 Å². The summed E-state index contributed by atoms with van der Waals surface area (Å²) in [6, 6.07) is 0.810. The van der Waals surface area contributed by atoms with Crippen LogP contribution in [0.3, 0.4) is 0 Å². The Kier molecular flexibility index (Phi) is 2.02. The van der Waals surface area contributed by atoms with Gasteiger partial charge >= 0.3 is 0 Å². The van der Waals surface area contributed by atoms with Gasteiger partial charge in [-0.3, -0.25) is 0 Å². The molecule has 0 bridgehead atoms. The van der Waals surface area contributed by atoms with Gasteiger partial charge < -0.3 is 9.30 Å². The van der Waals surface area contributed by atoms with Crippen LogP contribution in [0.1, 0.15) is 25.5 Å². The fraction of sp³-hybridized carbons (Fsp3) is 0.667. The fourth-order valence-electron chi connectivity index (χ4n) is 1.50. The van der Waals surface area contributed by atoms with Gasteiger partial charge in [0.25, 0.3) is 6.01 Å². The van der Waals surface area contributed by atoms with Gasteiger partial charge in [0.2, 0.25) is 0 Å². The van der Waals surface area contributed by atoms with E-state index in [1.165, 1.54) is 0 Å². The number of hydrogen-bond acceptors (Lipinski definition) is 2. The Morgan fingerprint density at radius 2 is 2.58 bits per heavy atom. The summed E-state index contributed by atoms with van der Waals surface area (Å²) >= 11 is 0. The van der Waals surface area contributed by atoms with Crippen molar-refractivity contribution in [3.63, 3.8) is 0 Å². The van der Waals surface area contributed by atoms with Gasteiger partial charge in [-0.05, 0) is 12.8 Å². The van der Waals surface area contributed by atoms with Crippen molar-refractivity contribution in [3.05, 3.63) is 11.9 Å². The van der Waals surface area contributed by atoms with Gasteiger partial charge in [0, 0.05) is 12.7 Å². The highest BCUT2D eigenvalue weighted by molar-refractivity contribution is 5.09. The minimum absolute atomic E-state index is 0.810. The summed E-state index contributed by atoms with van der Waals surface area (Å²) in [6.07, 6.45) is 5.42.